The van der Waals surface area contributed by atoms with E-state index in [4.69, 9.17) is 0 Å². The Labute approximate surface area is 146 Å². The van der Waals surface area contributed by atoms with E-state index in [1.807, 2.05) is 18.2 Å². The molecule has 0 unspecified atom stereocenters. The van der Waals surface area contributed by atoms with Gasteiger partial charge in [0.2, 0.25) is 0 Å². The number of para-hydroxylation sites is 1. The van der Waals surface area contributed by atoms with Gasteiger partial charge in [0.05, 0.1) is 5.82 Å². The van der Waals surface area contributed by atoms with Gasteiger partial charge in [0, 0.05) is 32.2 Å². The first-order valence-corrected chi connectivity index (χ1v) is 6.99. The maximum absolute atomic E-state index is 14.2. The Morgan fingerprint density at radius 2 is 1.74 bits per heavy atom. The molecule has 0 amide bonds. The quantitative estimate of drug-likeness (QED) is 0.513. The number of alkyl halides is 2. The summed E-state index contributed by atoms with van der Waals surface area (Å²) in [5, 5.41) is 7.73. The van der Waals surface area contributed by atoms with Crippen LogP contribution in [0.25, 0.3) is 17.1 Å². The molecule has 3 rings (SSSR count). The summed E-state index contributed by atoms with van der Waals surface area (Å²) in [5.74, 6) is -3.04. The Hall–Kier alpha value is -1.91. The molecule has 3 aromatic rings. The largest absolute Gasteiger partial charge is 0.315 e. The topological polar surface area (TPSA) is 30.7 Å². The Morgan fingerprint density at radius 1 is 1.04 bits per heavy atom. The van der Waals surface area contributed by atoms with Crippen molar-refractivity contribution in [3.8, 4) is 17.1 Å². The molecular weight excluding hydrogens is 476 g/mol. The maximum atomic E-state index is 14.2. The molecule has 0 bridgehead atoms. The summed E-state index contributed by atoms with van der Waals surface area (Å²) >= 11 is 0. The number of rotatable bonds is 4. The van der Waals surface area contributed by atoms with Crippen LogP contribution in [0.15, 0.2) is 54.6 Å². The molecule has 2 aromatic carbocycles. The minimum atomic E-state index is -3.05. The van der Waals surface area contributed by atoms with E-state index in [2.05, 4.69) is 16.3 Å². The van der Waals surface area contributed by atoms with Crippen LogP contribution >= 0.6 is 0 Å². The van der Waals surface area contributed by atoms with Crippen LogP contribution in [0.3, 0.4) is 0 Å². The number of aromatic nitrogens is 3. The monoisotopic (exact) mass is 491 g/mol. The summed E-state index contributed by atoms with van der Waals surface area (Å²) in [4.78, 5) is 0. The Kier molecular flexibility index (Phi) is 5.39. The molecule has 0 saturated heterocycles. The molecule has 0 atom stereocenters. The molecule has 0 N–H and O–H groups in total. The molecule has 1 aromatic heterocycles. The summed E-state index contributed by atoms with van der Waals surface area (Å²) in [6.07, 6.45) is -0.337. The van der Waals surface area contributed by atoms with Crippen molar-refractivity contribution in [2.75, 3.05) is 0 Å². The van der Waals surface area contributed by atoms with Crippen LogP contribution in [0, 0.1) is 6.07 Å². The van der Waals surface area contributed by atoms with E-state index < -0.39 is 5.92 Å². The van der Waals surface area contributed by atoms with Gasteiger partial charge in [0.1, 0.15) is 0 Å². The van der Waals surface area contributed by atoms with Gasteiger partial charge in [-0.2, -0.15) is 13.9 Å². The van der Waals surface area contributed by atoms with Crippen LogP contribution < -0.4 is 0 Å². The van der Waals surface area contributed by atoms with Crippen LogP contribution in [0.2, 0.25) is 0 Å². The normalized spacial score (nSPS) is 11.1. The Balaban J connectivity index is 0.00000192. The van der Waals surface area contributed by atoms with Crippen LogP contribution in [0.1, 0.15) is 19.2 Å². The van der Waals surface area contributed by atoms with Gasteiger partial charge in [0.15, 0.2) is 5.82 Å². The van der Waals surface area contributed by atoms with Gasteiger partial charge < -0.3 is 4.57 Å². The smallest absolute Gasteiger partial charge is 0.306 e. The van der Waals surface area contributed by atoms with Gasteiger partial charge in [-0.25, -0.2) is 0 Å². The van der Waals surface area contributed by atoms with E-state index in [0.29, 0.717) is 17.1 Å². The van der Waals surface area contributed by atoms with Crippen LogP contribution in [-0.2, 0) is 26.0 Å². The predicted octanol–water partition coefficient (Wildman–Crippen LogP) is 4.23. The van der Waals surface area contributed by atoms with E-state index in [-0.39, 0.29) is 32.4 Å². The van der Waals surface area contributed by atoms with Gasteiger partial charge in [-0.05, 0) is 12.1 Å². The zero-order valence-electron chi connectivity index (χ0n) is 12.3. The van der Waals surface area contributed by atoms with Crippen molar-refractivity contribution in [1.29, 1.82) is 0 Å². The van der Waals surface area contributed by atoms with Crippen molar-refractivity contribution in [2.24, 2.45) is 0 Å². The molecule has 0 aliphatic carbocycles. The molecule has 23 heavy (non-hydrogen) atoms. The second kappa shape index (κ2) is 7.11. The number of benzene rings is 2. The summed E-state index contributed by atoms with van der Waals surface area (Å²) in [6, 6.07) is 19.1. The van der Waals surface area contributed by atoms with E-state index in [1.54, 1.807) is 36.4 Å². The fourth-order valence-corrected chi connectivity index (χ4v) is 2.21. The number of nitrogens with zero attached hydrogens (tertiary/aromatic N) is 3. The average Bonchev–Trinajstić information content (AvgIpc) is 3.02. The first-order chi connectivity index (χ1) is 10.6. The third kappa shape index (κ3) is 3.38. The van der Waals surface area contributed by atoms with Gasteiger partial charge >= 0.3 is 5.92 Å². The van der Waals surface area contributed by atoms with Crippen molar-refractivity contribution in [2.45, 2.75) is 19.3 Å². The van der Waals surface area contributed by atoms with Crippen LogP contribution in [0.4, 0.5) is 8.78 Å². The molecule has 0 aliphatic rings. The van der Waals surface area contributed by atoms with Gasteiger partial charge in [-0.15, -0.1) is 41.0 Å². The Bertz CT molecular complexity index is 758. The van der Waals surface area contributed by atoms with E-state index in [0.717, 1.165) is 0 Å². The first-order valence-electron chi connectivity index (χ1n) is 6.99. The van der Waals surface area contributed by atoms with Crippen molar-refractivity contribution in [3.05, 3.63) is 66.5 Å². The van der Waals surface area contributed by atoms with Crippen molar-refractivity contribution >= 4 is 0 Å². The van der Waals surface area contributed by atoms with Gasteiger partial charge in [-0.1, -0.05) is 25.1 Å². The van der Waals surface area contributed by atoms with E-state index in [1.165, 1.54) is 11.5 Å². The molecule has 0 aliphatic heterocycles. The van der Waals surface area contributed by atoms with E-state index in [9.17, 15) is 8.78 Å². The second-order valence-corrected chi connectivity index (χ2v) is 4.85. The number of halogens is 2. The second-order valence-electron chi connectivity index (χ2n) is 4.85. The number of hydrogen-bond donors (Lipinski definition) is 0. The summed E-state index contributed by atoms with van der Waals surface area (Å²) in [7, 11) is 0. The predicted molar refractivity (Wildman–Crippen MR) is 79.8 cm³/mol. The molecule has 1 heterocycles. The molecule has 0 fully saturated rings. The molecule has 121 valence electrons. The minimum Gasteiger partial charge on any atom is -0.315 e. The Morgan fingerprint density at radius 3 is 2.35 bits per heavy atom. The van der Waals surface area contributed by atoms with Crippen LogP contribution in [-0.4, -0.2) is 14.8 Å². The van der Waals surface area contributed by atoms with Crippen molar-refractivity contribution in [3.63, 3.8) is 0 Å². The standard InChI is InChI=1S/C17H14F2N3.Ir/c1-2-17(18,19)16-21-20-15(13-9-5-3-6-10-13)22(16)14-11-7-4-8-12-14;/h3-9,11-12H,2H2,1H3;/q-1;. The summed E-state index contributed by atoms with van der Waals surface area (Å²) in [6.45, 7) is 1.43. The number of hydrogen-bond acceptors (Lipinski definition) is 2. The van der Waals surface area contributed by atoms with Gasteiger partial charge in [-0.3, -0.25) is 0 Å². The third-order valence-electron chi connectivity index (χ3n) is 3.40. The van der Waals surface area contributed by atoms with Crippen LogP contribution in [0.5, 0.6) is 0 Å². The molecule has 0 spiro atoms. The third-order valence-corrected chi connectivity index (χ3v) is 3.40. The first kappa shape index (κ1) is 17.4. The average molecular weight is 491 g/mol. The molecule has 3 nitrogen and oxygen atoms in total. The molecule has 0 saturated carbocycles. The van der Waals surface area contributed by atoms with Gasteiger partial charge in [0.25, 0.3) is 0 Å². The van der Waals surface area contributed by atoms with Crippen molar-refractivity contribution in [1.82, 2.24) is 14.8 Å². The maximum Gasteiger partial charge on any atom is 0.306 e. The minimum absolute atomic E-state index is 0. The summed E-state index contributed by atoms with van der Waals surface area (Å²) < 4.78 is 29.9. The zero-order chi connectivity index (χ0) is 15.6. The SMILES string of the molecule is CCC(F)(F)c1nnc(-c2[c-]cccc2)n1-c1ccccc1.[Ir]. The summed E-state index contributed by atoms with van der Waals surface area (Å²) in [5.41, 5.74) is 1.22. The molecular formula is C17H14F2IrN3-. The van der Waals surface area contributed by atoms with Crippen molar-refractivity contribution < 1.29 is 28.9 Å². The molecule has 6 heteroatoms. The van der Waals surface area contributed by atoms with E-state index >= 15 is 0 Å². The fraction of sp³-hybridized carbons (Fsp3) is 0.176. The fourth-order valence-electron chi connectivity index (χ4n) is 2.21. The molecule has 1 radical (unpaired) electrons. The zero-order valence-corrected chi connectivity index (χ0v) is 14.7.